The van der Waals surface area contributed by atoms with E-state index in [1.54, 1.807) is 11.3 Å². The maximum Gasteiger partial charge on any atom is 0.123 e. The molecular formula is C16H20FNS. The van der Waals surface area contributed by atoms with Gasteiger partial charge in [0.15, 0.2) is 0 Å². The summed E-state index contributed by atoms with van der Waals surface area (Å²) in [6.45, 7) is 7.48. The van der Waals surface area contributed by atoms with Crippen LogP contribution in [0.4, 0.5) is 4.39 Å². The van der Waals surface area contributed by atoms with Gasteiger partial charge in [0, 0.05) is 22.9 Å². The van der Waals surface area contributed by atoms with Crippen molar-refractivity contribution >= 4 is 11.3 Å². The Labute approximate surface area is 118 Å². The Kier molecular flexibility index (Phi) is 4.38. The van der Waals surface area contributed by atoms with Crippen molar-refractivity contribution in [1.82, 2.24) is 5.32 Å². The van der Waals surface area contributed by atoms with Gasteiger partial charge in [0.1, 0.15) is 5.82 Å². The first-order valence-corrected chi connectivity index (χ1v) is 7.40. The van der Waals surface area contributed by atoms with Gasteiger partial charge in [-0.3, -0.25) is 0 Å². The number of thiophene rings is 1. The molecule has 19 heavy (non-hydrogen) atoms. The molecule has 1 nitrogen and oxygen atoms in total. The Balaban J connectivity index is 1.97. The van der Waals surface area contributed by atoms with E-state index in [0.717, 1.165) is 12.1 Å². The third kappa shape index (κ3) is 3.64. The standard InChI is InChI=1S/C16H20FNS/c1-12(13-6-8-14(17)9-7-13)18-11-16(2,3)15-5-4-10-19-15/h4-10,12,18H,11H2,1-3H3. The van der Waals surface area contributed by atoms with E-state index in [1.807, 2.05) is 12.1 Å². The molecule has 1 atom stereocenters. The summed E-state index contributed by atoms with van der Waals surface area (Å²) >= 11 is 1.79. The highest BCUT2D eigenvalue weighted by atomic mass is 32.1. The molecule has 0 amide bonds. The Bertz CT molecular complexity index is 502. The van der Waals surface area contributed by atoms with Crippen molar-refractivity contribution in [2.75, 3.05) is 6.54 Å². The molecule has 2 aromatic rings. The molecule has 0 radical (unpaired) electrons. The summed E-state index contributed by atoms with van der Waals surface area (Å²) < 4.78 is 12.9. The monoisotopic (exact) mass is 277 g/mol. The second-order valence-corrected chi connectivity index (χ2v) is 6.46. The van der Waals surface area contributed by atoms with Crippen molar-refractivity contribution in [3.63, 3.8) is 0 Å². The van der Waals surface area contributed by atoms with Crippen molar-refractivity contribution in [3.05, 3.63) is 58.0 Å². The Morgan fingerprint density at radius 3 is 2.47 bits per heavy atom. The van der Waals surface area contributed by atoms with Crippen LogP contribution in [0.2, 0.25) is 0 Å². The van der Waals surface area contributed by atoms with Crippen LogP contribution >= 0.6 is 11.3 Å². The van der Waals surface area contributed by atoms with Gasteiger partial charge < -0.3 is 5.32 Å². The van der Waals surface area contributed by atoms with E-state index in [9.17, 15) is 4.39 Å². The minimum absolute atomic E-state index is 0.114. The lowest BCUT2D eigenvalue weighted by Gasteiger charge is -2.26. The average molecular weight is 277 g/mol. The molecule has 0 saturated heterocycles. The van der Waals surface area contributed by atoms with Crippen molar-refractivity contribution in [2.45, 2.75) is 32.2 Å². The van der Waals surface area contributed by atoms with Crippen molar-refractivity contribution in [3.8, 4) is 0 Å². The van der Waals surface area contributed by atoms with Crippen molar-refractivity contribution in [1.29, 1.82) is 0 Å². The third-order valence-electron chi connectivity index (χ3n) is 3.41. The van der Waals surface area contributed by atoms with Crippen LogP contribution in [0.1, 0.15) is 37.3 Å². The quantitative estimate of drug-likeness (QED) is 0.847. The first-order chi connectivity index (χ1) is 8.99. The van der Waals surface area contributed by atoms with Gasteiger partial charge >= 0.3 is 0 Å². The summed E-state index contributed by atoms with van der Waals surface area (Å²) in [6.07, 6.45) is 0. The zero-order valence-corrected chi connectivity index (χ0v) is 12.4. The lowest BCUT2D eigenvalue weighted by molar-refractivity contribution is 0.441. The van der Waals surface area contributed by atoms with Crippen LogP contribution in [0.15, 0.2) is 41.8 Å². The molecule has 2 rings (SSSR count). The molecule has 102 valence electrons. The van der Waals surface area contributed by atoms with E-state index in [1.165, 1.54) is 17.0 Å². The lowest BCUT2D eigenvalue weighted by atomic mass is 9.91. The largest absolute Gasteiger partial charge is 0.309 e. The maximum atomic E-state index is 12.9. The molecule has 0 saturated carbocycles. The second-order valence-electron chi connectivity index (χ2n) is 5.52. The number of hydrogen-bond acceptors (Lipinski definition) is 2. The van der Waals surface area contributed by atoms with E-state index in [0.29, 0.717) is 0 Å². The molecule has 1 aromatic carbocycles. The Morgan fingerprint density at radius 1 is 1.21 bits per heavy atom. The van der Waals surface area contributed by atoms with E-state index in [-0.39, 0.29) is 17.3 Å². The summed E-state index contributed by atoms with van der Waals surface area (Å²) in [5.41, 5.74) is 1.23. The fourth-order valence-electron chi connectivity index (χ4n) is 2.03. The molecule has 1 heterocycles. The van der Waals surface area contributed by atoms with Gasteiger partial charge in [-0.1, -0.05) is 32.0 Å². The van der Waals surface area contributed by atoms with E-state index in [4.69, 9.17) is 0 Å². The minimum atomic E-state index is -0.185. The molecule has 1 N–H and O–H groups in total. The number of nitrogens with one attached hydrogen (secondary N) is 1. The van der Waals surface area contributed by atoms with Crippen molar-refractivity contribution < 1.29 is 4.39 Å². The van der Waals surface area contributed by atoms with Gasteiger partial charge in [0.05, 0.1) is 0 Å². The highest BCUT2D eigenvalue weighted by molar-refractivity contribution is 7.10. The Morgan fingerprint density at radius 2 is 1.89 bits per heavy atom. The molecule has 0 spiro atoms. The number of hydrogen-bond donors (Lipinski definition) is 1. The Hall–Kier alpha value is -1.19. The van der Waals surface area contributed by atoms with Crippen LogP contribution in [-0.4, -0.2) is 6.54 Å². The van der Waals surface area contributed by atoms with Gasteiger partial charge in [-0.2, -0.15) is 0 Å². The van der Waals surface area contributed by atoms with Crippen LogP contribution in [0.3, 0.4) is 0 Å². The van der Waals surface area contributed by atoms with E-state index < -0.39 is 0 Å². The summed E-state index contributed by atoms with van der Waals surface area (Å²) in [5, 5.41) is 5.64. The number of rotatable bonds is 5. The topological polar surface area (TPSA) is 12.0 Å². The highest BCUT2D eigenvalue weighted by Crippen LogP contribution is 2.27. The fraction of sp³-hybridized carbons (Fsp3) is 0.375. The molecule has 1 unspecified atom stereocenters. The molecule has 1 aromatic heterocycles. The molecule has 0 aliphatic heterocycles. The van der Waals surface area contributed by atoms with E-state index in [2.05, 4.69) is 43.6 Å². The van der Waals surface area contributed by atoms with Crippen molar-refractivity contribution in [2.24, 2.45) is 0 Å². The zero-order chi connectivity index (χ0) is 13.9. The van der Waals surface area contributed by atoms with Crippen LogP contribution < -0.4 is 5.32 Å². The first kappa shape index (κ1) is 14.2. The molecule has 0 bridgehead atoms. The predicted molar refractivity (Wildman–Crippen MR) is 80.2 cm³/mol. The van der Waals surface area contributed by atoms with Crippen LogP contribution in [-0.2, 0) is 5.41 Å². The van der Waals surface area contributed by atoms with Crippen LogP contribution in [0.5, 0.6) is 0 Å². The number of benzene rings is 1. The van der Waals surface area contributed by atoms with Gasteiger partial charge in [0.2, 0.25) is 0 Å². The average Bonchev–Trinajstić information content (AvgIpc) is 2.91. The van der Waals surface area contributed by atoms with Gasteiger partial charge in [-0.25, -0.2) is 4.39 Å². The fourth-order valence-corrected chi connectivity index (χ4v) is 2.88. The summed E-state index contributed by atoms with van der Waals surface area (Å²) in [5.74, 6) is -0.185. The highest BCUT2D eigenvalue weighted by Gasteiger charge is 2.22. The van der Waals surface area contributed by atoms with Gasteiger partial charge in [0.25, 0.3) is 0 Å². The SMILES string of the molecule is CC(NCC(C)(C)c1cccs1)c1ccc(F)cc1. The summed E-state index contributed by atoms with van der Waals surface area (Å²) in [4.78, 5) is 1.38. The van der Waals surface area contributed by atoms with Crippen LogP contribution in [0.25, 0.3) is 0 Å². The van der Waals surface area contributed by atoms with Crippen LogP contribution in [0, 0.1) is 5.82 Å². The third-order valence-corrected chi connectivity index (χ3v) is 4.64. The minimum Gasteiger partial charge on any atom is -0.309 e. The molecular weight excluding hydrogens is 257 g/mol. The van der Waals surface area contributed by atoms with Gasteiger partial charge in [-0.05, 0) is 36.1 Å². The zero-order valence-electron chi connectivity index (χ0n) is 11.6. The normalized spacial score (nSPS) is 13.5. The van der Waals surface area contributed by atoms with Gasteiger partial charge in [-0.15, -0.1) is 11.3 Å². The van der Waals surface area contributed by atoms with E-state index >= 15 is 0 Å². The molecule has 0 fully saturated rings. The second kappa shape index (κ2) is 5.85. The number of halogens is 1. The molecule has 0 aliphatic rings. The lowest BCUT2D eigenvalue weighted by Crippen LogP contribution is -2.33. The summed E-state index contributed by atoms with van der Waals surface area (Å²) in [7, 11) is 0. The maximum absolute atomic E-state index is 12.9. The predicted octanol–water partition coefficient (Wildman–Crippen LogP) is 4.52. The first-order valence-electron chi connectivity index (χ1n) is 6.52. The smallest absolute Gasteiger partial charge is 0.123 e. The molecule has 0 aliphatic carbocycles. The summed E-state index contributed by atoms with van der Waals surface area (Å²) in [6, 6.07) is 11.2. The molecule has 3 heteroatoms.